The molecule has 146 valence electrons. The van der Waals surface area contributed by atoms with Crippen molar-refractivity contribution in [2.45, 2.75) is 25.7 Å². The largest absolute Gasteiger partial charge is 0.367 e. The fourth-order valence-corrected chi connectivity index (χ4v) is 4.60. The van der Waals surface area contributed by atoms with E-state index in [1.165, 1.54) is 18.5 Å². The minimum absolute atomic E-state index is 0.269. The summed E-state index contributed by atoms with van der Waals surface area (Å²) in [5.41, 5.74) is 4.15. The van der Waals surface area contributed by atoms with Gasteiger partial charge in [0.25, 0.3) is 0 Å². The van der Waals surface area contributed by atoms with E-state index >= 15 is 0 Å². The maximum atomic E-state index is 12.7. The highest BCUT2D eigenvalue weighted by Gasteiger charge is 2.29. The number of aromatic amines is 1. The molecule has 0 unspecified atom stereocenters. The summed E-state index contributed by atoms with van der Waals surface area (Å²) in [6.45, 7) is 3.34. The minimum atomic E-state index is 0.269. The molecule has 0 bridgehead atoms. The number of fused-ring (bicyclic) bond motifs is 1. The first-order valence-corrected chi connectivity index (χ1v) is 10.2. The third-order valence-electron chi connectivity index (χ3n) is 6.16. The quantitative estimate of drug-likeness (QED) is 0.761. The topological polar surface area (TPSA) is 70.1 Å². The molecule has 1 N–H and O–H groups in total. The van der Waals surface area contributed by atoms with Crippen LogP contribution in [0, 0.1) is 5.92 Å². The standard InChI is InChI=1S/C21H26N6O/c1-25-14-16(13-23-25)18-12-17-19(6-7-22-20(17)24-18)26-8-10-27(11-9-26)21(28)15-4-2-3-5-15/h6-7,12-15H,2-5,8-11H2,1H3,(H,22,24). The van der Waals surface area contributed by atoms with Crippen LogP contribution in [0.15, 0.2) is 30.7 Å². The van der Waals surface area contributed by atoms with Gasteiger partial charge < -0.3 is 14.8 Å². The molecule has 0 spiro atoms. The Morgan fingerprint density at radius 2 is 1.96 bits per heavy atom. The van der Waals surface area contributed by atoms with Gasteiger partial charge >= 0.3 is 0 Å². The van der Waals surface area contributed by atoms with Crippen LogP contribution >= 0.6 is 0 Å². The van der Waals surface area contributed by atoms with E-state index in [9.17, 15) is 4.79 Å². The molecule has 7 nitrogen and oxygen atoms in total. The van der Waals surface area contributed by atoms with Gasteiger partial charge in [0.05, 0.1) is 11.9 Å². The van der Waals surface area contributed by atoms with Crippen molar-refractivity contribution < 1.29 is 4.79 Å². The van der Waals surface area contributed by atoms with E-state index in [0.717, 1.165) is 61.3 Å². The van der Waals surface area contributed by atoms with Crippen molar-refractivity contribution in [3.05, 3.63) is 30.7 Å². The van der Waals surface area contributed by atoms with Crippen LogP contribution in [0.3, 0.4) is 0 Å². The number of rotatable bonds is 3. The van der Waals surface area contributed by atoms with Gasteiger partial charge in [-0.2, -0.15) is 5.10 Å². The number of nitrogens with zero attached hydrogens (tertiary/aromatic N) is 5. The van der Waals surface area contributed by atoms with Gasteiger partial charge in [-0.05, 0) is 25.0 Å². The molecule has 7 heteroatoms. The number of amides is 1. The Morgan fingerprint density at radius 1 is 1.18 bits per heavy atom. The number of carbonyl (C=O) groups is 1. The number of nitrogens with one attached hydrogen (secondary N) is 1. The summed E-state index contributed by atoms with van der Waals surface area (Å²) in [4.78, 5) is 25.1. The second-order valence-corrected chi connectivity index (χ2v) is 7.97. The van der Waals surface area contributed by atoms with E-state index in [1.54, 1.807) is 4.68 Å². The van der Waals surface area contributed by atoms with Gasteiger partial charge in [-0.3, -0.25) is 9.48 Å². The third-order valence-corrected chi connectivity index (χ3v) is 6.16. The van der Waals surface area contributed by atoms with E-state index in [-0.39, 0.29) is 5.92 Å². The monoisotopic (exact) mass is 378 g/mol. The summed E-state index contributed by atoms with van der Waals surface area (Å²) in [6.07, 6.45) is 10.3. The van der Waals surface area contributed by atoms with Crippen LogP contribution in [-0.4, -0.2) is 56.7 Å². The van der Waals surface area contributed by atoms with Crippen LogP contribution in [-0.2, 0) is 11.8 Å². The lowest BCUT2D eigenvalue weighted by atomic mass is 10.1. The molecule has 1 aliphatic heterocycles. The van der Waals surface area contributed by atoms with E-state index in [4.69, 9.17) is 0 Å². The van der Waals surface area contributed by atoms with E-state index < -0.39 is 0 Å². The molecular formula is C21H26N6O. The number of anilines is 1. The van der Waals surface area contributed by atoms with E-state index in [1.807, 2.05) is 25.6 Å². The second kappa shape index (κ2) is 6.96. The summed E-state index contributed by atoms with van der Waals surface area (Å²) in [6, 6.07) is 4.24. The smallest absolute Gasteiger partial charge is 0.225 e. The SMILES string of the molecule is Cn1cc(-c2cc3c(N4CCN(C(=O)C5CCCC5)CC4)ccnc3[nH]2)cn1. The lowest BCUT2D eigenvalue weighted by Crippen LogP contribution is -2.50. The van der Waals surface area contributed by atoms with E-state index in [2.05, 4.69) is 37.0 Å². The molecule has 0 atom stereocenters. The maximum Gasteiger partial charge on any atom is 0.225 e. The summed E-state index contributed by atoms with van der Waals surface area (Å²) < 4.78 is 1.80. The van der Waals surface area contributed by atoms with Crippen molar-refractivity contribution in [2.75, 3.05) is 31.1 Å². The Balaban J connectivity index is 1.35. The molecule has 4 heterocycles. The molecule has 1 amide bonds. The summed E-state index contributed by atoms with van der Waals surface area (Å²) in [5.74, 6) is 0.642. The zero-order valence-corrected chi connectivity index (χ0v) is 16.3. The predicted octanol–water partition coefficient (Wildman–Crippen LogP) is 2.80. The van der Waals surface area contributed by atoms with Crippen molar-refractivity contribution >= 4 is 22.6 Å². The van der Waals surface area contributed by atoms with Crippen molar-refractivity contribution in [3.8, 4) is 11.3 Å². The number of H-pyrrole nitrogens is 1. The Labute approximate surface area is 164 Å². The normalized spacial score (nSPS) is 18.3. The first kappa shape index (κ1) is 17.3. The van der Waals surface area contributed by atoms with Crippen LogP contribution < -0.4 is 4.90 Å². The average molecular weight is 378 g/mol. The highest BCUT2D eigenvalue weighted by Crippen LogP contribution is 2.31. The van der Waals surface area contributed by atoms with Crippen LogP contribution in [0.5, 0.6) is 0 Å². The van der Waals surface area contributed by atoms with Crippen LogP contribution in [0.4, 0.5) is 5.69 Å². The zero-order valence-electron chi connectivity index (χ0n) is 16.3. The molecule has 2 fully saturated rings. The number of pyridine rings is 1. The molecular weight excluding hydrogens is 352 g/mol. The molecule has 1 aliphatic carbocycles. The first-order valence-electron chi connectivity index (χ1n) is 10.2. The fourth-order valence-electron chi connectivity index (χ4n) is 4.60. The molecule has 1 saturated carbocycles. The predicted molar refractivity (Wildman–Crippen MR) is 109 cm³/mol. The molecule has 3 aromatic rings. The number of piperazine rings is 1. The van der Waals surface area contributed by atoms with Crippen molar-refractivity contribution in [1.82, 2.24) is 24.6 Å². The van der Waals surface area contributed by atoms with Gasteiger partial charge in [0.1, 0.15) is 5.65 Å². The number of hydrogen-bond donors (Lipinski definition) is 1. The maximum absolute atomic E-state index is 12.7. The van der Waals surface area contributed by atoms with Gasteiger partial charge in [0.2, 0.25) is 5.91 Å². The Hall–Kier alpha value is -2.83. The molecule has 5 rings (SSSR count). The lowest BCUT2D eigenvalue weighted by molar-refractivity contribution is -0.135. The number of hydrogen-bond acceptors (Lipinski definition) is 4. The van der Waals surface area contributed by atoms with E-state index in [0.29, 0.717) is 5.91 Å². The molecule has 0 aromatic carbocycles. The number of aromatic nitrogens is 4. The minimum Gasteiger partial charge on any atom is -0.367 e. The number of aryl methyl sites for hydroxylation is 1. The Bertz CT molecular complexity index is 991. The van der Waals surface area contributed by atoms with Crippen LogP contribution in [0.25, 0.3) is 22.3 Å². The third kappa shape index (κ3) is 3.04. The van der Waals surface area contributed by atoms with Gasteiger partial charge in [0.15, 0.2) is 0 Å². The second-order valence-electron chi connectivity index (χ2n) is 7.97. The summed E-state index contributed by atoms with van der Waals surface area (Å²) in [7, 11) is 1.92. The molecule has 2 aliphatic rings. The zero-order chi connectivity index (χ0) is 19.1. The Morgan fingerprint density at radius 3 is 2.68 bits per heavy atom. The molecule has 3 aromatic heterocycles. The van der Waals surface area contributed by atoms with Gasteiger partial charge in [0, 0.05) is 68.2 Å². The fraction of sp³-hybridized carbons (Fsp3) is 0.476. The van der Waals surface area contributed by atoms with Crippen molar-refractivity contribution in [2.24, 2.45) is 13.0 Å². The average Bonchev–Trinajstić information content (AvgIpc) is 3.47. The van der Waals surface area contributed by atoms with Gasteiger partial charge in [-0.1, -0.05) is 12.8 Å². The van der Waals surface area contributed by atoms with Crippen LogP contribution in [0.2, 0.25) is 0 Å². The van der Waals surface area contributed by atoms with Crippen molar-refractivity contribution in [3.63, 3.8) is 0 Å². The van der Waals surface area contributed by atoms with Crippen molar-refractivity contribution in [1.29, 1.82) is 0 Å². The van der Waals surface area contributed by atoms with Crippen LogP contribution in [0.1, 0.15) is 25.7 Å². The Kier molecular flexibility index (Phi) is 4.30. The number of carbonyl (C=O) groups excluding carboxylic acids is 1. The molecule has 0 radical (unpaired) electrons. The molecule has 28 heavy (non-hydrogen) atoms. The van der Waals surface area contributed by atoms with Gasteiger partial charge in [-0.15, -0.1) is 0 Å². The summed E-state index contributed by atoms with van der Waals surface area (Å²) in [5, 5.41) is 5.38. The summed E-state index contributed by atoms with van der Waals surface area (Å²) >= 11 is 0. The first-order chi connectivity index (χ1) is 13.7. The lowest BCUT2D eigenvalue weighted by Gasteiger charge is -2.37. The highest BCUT2D eigenvalue weighted by molar-refractivity contribution is 5.93. The molecule has 1 saturated heterocycles. The van der Waals surface area contributed by atoms with Gasteiger partial charge in [-0.25, -0.2) is 4.98 Å². The highest BCUT2D eigenvalue weighted by atomic mass is 16.2.